The minimum atomic E-state index is 0.953. The molecule has 2 aliphatic carbocycles. The van der Waals surface area contributed by atoms with Crippen LogP contribution >= 0.6 is 0 Å². The first-order chi connectivity index (χ1) is 69.8. The molecule has 0 fully saturated rings. The fourth-order valence-electron chi connectivity index (χ4n) is 15.7. The average molecular weight is 1890 g/mol. The van der Waals surface area contributed by atoms with E-state index in [4.69, 9.17) is 0 Å². The van der Waals surface area contributed by atoms with Crippen molar-refractivity contribution < 1.29 is 0 Å². The van der Waals surface area contributed by atoms with Gasteiger partial charge in [-0.2, -0.15) is 0 Å². The smallest absolute Gasteiger partial charge is 0.0967 e. The molecule has 0 radical (unpaired) electrons. The maximum Gasteiger partial charge on any atom is 0.0967 e. The summed E-state index contributed by atoms with van der Waals surface area (Å²) in [5, 5.41) is 14.0. The van der Waals surface area contributed by atoms with Crippen molar-refractivity contribution in [1.82, 2.24) is 59.8 Å². The zero-order valence-corrected chi connectivity index (χ0v) is 91.1. The van der Waals surface area contributed by atoms with Crippen molar-refractivity contribution in [3.63, 3.8) is 0 Å². The highest BCUT2D eigenvalue weighted by Gasteiger charge is 2.19. The second kappa shape index (κ2) is 64.4. The molecule has 22 aromatic rings. The Balaban J connectivity index is 0.000000277. The van der Waals surface area contributed by atoms with Gasteiger partial charge in [0.15, 0.2) is 0 Å². The van der Waals surface area contributed by atoms with Crippen molar-refractivity contribution in [2.24, 2.45) is 0 Å². The van der Waals surface area contributed by atoms with E-state index < -0.39 is 0 Å². The third-order valence-electron chi connectivity index (χ3n) is 21.7. The zero-order chi connectivity index (χ0) is 105. The summed E-state index contributed by atoms with van der Waals surface area (Å²) >= 11 is 0. The normalized spacial score (nSPS) is 9.92. The van der Waals surface area contributed by atoms with Crippen molar-refractivity contribution >= 4 is 131 Å². The summed E-state index contributed by atoms with van der Waals surface area (Å²) in [6.45, 7) is 64.7. The lowest BCUT2D eigenvalue weighted by Gasteiger charge is -2.04. The summed E-state index contributed by atoms with van der Waals surface area (Å²) in [5.41, 5.74) is 33.1. The molecule has 0 spiro atoms. The first-order valence-corrected chi connectivity index (χ1v) is 51.7. The Morgan fingerprint density at radius 1 is 0.169 bits per heavy atom. The highest BCUT2D eigenvalue weighted by molar-refractivity contribution is 6.08. The van der Waals surface area contributed by atoms with E-state index in [1.807, 2.05) is 339 Å². The molecule has 0 bridgehead atoms. The van der Waals surface area contributed by atoms with Gasteiger partial charge in [-0.1, -0.05) is 389 Å². The molecular formula is C130H156N12. The second-order valence-electron chi connectivity index (χ2n) is 30.1. The Hall–Kier alpha value is -14.9. The van der Waals surface area contributed by atoms with Crippen molar-refractivity contribution in [1.29, 1.82) is 0 Å². The van der Waals surface area contributed by atoms with E-state index in [1.165, 1.54) is 121 Å². The van der Waals surface area contributed by atoms with Crippen LogP contribution in [0.4, 0.5) is 0 Å². The minimum Gasteiger partial charge on any atom is -0.254 e. The summed E-state index contributed by atoms with van der Waals surface area (Å²) in [4.78, 5) is 53.0. The maximum absolute atomic E-state index is 4.54. The standard InChI is InChI=1S/2C14H12.6C13H10N2.12C2H6/c1-10-6-7-14-12(8-10)9-11-4-2-3-5-13(11)14;1-10-6-7-12-9-11-4-2-3-5-13(11)14(12)8-10;1-9-4-2-5-10-11(9)8-15-12-6-3-7-14-13(10)12;1-9-4-5-11-10(7-9)8-15-12-3-2-6-14-13(11)12;1-9-4-5-10-8-15-12-3-2-6-14-13(12)11(10)7-9;1-9-10-5-2-3-6-11(10)13-12(15-9)7-4-8-14-13;1-9-6-12-13(15-7-9)11-5-3-2-4-10(11)8-14-12;1-9-6-7-14-13-11-5-3-2-4-10(11)8-15-12(9)13;12*1-2/h2*2-8H,9H2,1H3;6*2-8H,1H3;12*1-2H3. The first-order valence-electron chi connectivity index (χ1n) is 51.7. The van der Waals surface area contributed by atoms with Crippen LogP contribution < -0.4 is 0 Å². The molecule has 2 aliphatic rings. The van der Waals surface area contributed by atoms with E-state index in [0.29, 0.717) is 0 Å². The average Bonchev–Trinajstić information content (AvgIpc) is 1.48. The predicted molar refractivity (Wildman–Crippen MR) is 626 cm³/mol. The van der Waals surface area contributed by atoms with Crippen molar-refractivity contribution in [3.05, 3.63) is 408 Å². The lowest BCUT2D eigenvalue weighted by atomic mass is 10.0. The lowest BCUT2D eigenvalue weighted by molar-refractivity contribution is 1.25. The summed E-state index contributed by atoms with van der Waals surface area (Å²) in [5.74, 6) is 0. The van der Waals surface area contributed by atoms with E-state index in [0.717, 1.165) is 112 Å². The summed E-state index contributed by atoms with van der Waals surface area (Å²) in [6.07, 6.45) is 22.7. The van der Waals surface area contributed by atoms with Crippen LogP contribution in [0.15, 0.2) is 341 Å². The number of aryl methyl sites for hydroxylation is 8. The molecule has 12 aromatic heterocycles. The monoisotopic (exact) mass is 1890 g/mol. The van der Waals surface area contributed by atoms with Gasteiger partial charge in [0.1, 0.15) is 0 Å². The molecule has 12 heterocycles. The molecule has 0 N–H and O–H groups in total. The van der Waals surface area contributed by atoms with Crippen LogP contribution in [-0.4, -0.2) is 59.8 Å². The molecule has 0 aliphatic heterocycles. The first kappa shape index (κ1) is 118. The molecule has 24 rings (SSSR count). The van der Waals surface area contributed by atoms with Gasteiger partial charge in [-0.15, -0.1) is 0 Å². The fraction of sp³-hybridized carbons (Fsp3) is 0.262. The van der Waals surface area contributed by atoms with Gasteiger partial charge in [-0.3, -0.25) is 59.8 Å². The molecule has 0 unspecified atom stereocenters. The number of nitrogens with zero attached hydrogens (tertiary/aromatic N) is 12. The highest BCUT2D eigenvalue weighted by atomic mass is 14.8. The van der Waals surface area contributed by atoms with Gasteiger partial charge >= 0.3 is 0 Å². The molecule has 10 aromatic carbocycles. The van der Waals surface area contributed by atoms with E-state index in [-0.39, 0.29) is 0 Å². The Kier molecular flexibility index (Phi) is 53.3. The second-order valence-corrected chi connectivity index (χ2v) is 30.1. The molecule has 142 heavy (non-hydrogen) atoms. The number of pyridine rings is 12. The zero-order valence-electron chi connectivity index (χ0n) is 91.1. The van der Waals surface area contributed by atoms with Gasteiger partial charge < -0.3 is 0 Å². The third kappa shape index (κ3) is 30.8. The van der Waals surface area contributed by atoms with E-state index in [9.17, 15) is 0 Å². The molecule has 12 nitrogen and oxygen atoms in total. The number of fused-ring (bicyclic) bond motifs is 24. The van der Waals surface area contributed by atoms with Gasteiger partial charge in [0.05, 0.1) is 66.2 Å². The Morgan fingerprint density at radius 2 is 0.535 bits per heavy atom. The van der Waals surface area contributed by atoms with Gasteiger partial charge in [-0.25, -0.2) is 0 Å². The van der Waals surface area contributed by atoms with Crippen molar-refractivity contribution in [2.75, 3.05) is 0 Å². The van der Waals surface area contributed by atoms with Gasteiger partial charge in [0, 0.05) is 138 Å². The summed E-state index contributed by atoms with van der Waals surface area (Å²) in [7, 11) is 0. The van der Waals surface area contributed by atoms with Crippen LogP contribution in [0.2, 0.25) is 0 Å². The number of benzene rings is 10. The maximum atomic E-state index is 4.54. The molecule has 0 atom stereocenters. The number of rotatable bonds is 0. The fourth-order valence-corrected chi connectivity index (χ4v) is 15.7. The van der Waals surface area contributed by atoms with Crippen molar-refractivity contribution in [2.45, 2.75) is 234 Å². The molecule has 736 valence electrons. The molecule has 0 saturated heterocycles. The summed E-state index contributed by atoms with van der Waals surface area (Å²) in [6, 6.07) is 94.2. The van der Waals surface area contributed by atoms with Gasteiger partial charge in [0.2, 0.25) is 0 Å². The van der Waals surface area contributed by atoms with Crippen LogP contribution in [0, 0.1) is 55.4 Å². The SMILES string of the molecule is CC.CC.CC.CC.CC.CC.CC.CC.CC.CC.CC.CC.Cc1ccc2c(c1)-c1ccccc1C2.Cc1ccc2c(c1)Cc1ccccc1-2.Cc1ccc2c(cnc3cccnc32)c1.Cc1ccc2cnc3cccnc3c2c1.Cc1cccc2c1cnc1cccnc12.Cc1ccnc2c1ncc1ccccc12.Cc1cnc2c(c1)ncc1ccccc12.Cc1nc2cccnc2c2ccccc12. The van der Waals surface area contributed by atoms with Crippen molar-refractivity contribution in [3.8, 4) is 22.3 Å². The van der Waals surface area contributed by atoms with Crippen LogP contribution in [0.25, 0.3) is 153 Å². The Bertz CT molecular complexity index is 7200. The van der Waals surface area contributed by atoms with Crippen LogP contribution in [0.3, 0.4) is 0 Å². The number of aromatic nitrogens is 12. The predicted octanol–water partition coefficient (Wildman–Crippen LogP) is 38.0. The molecule has 12 heteroatoms. The summed E-state index contributed by atoms with van der Waals surface area (Å²) < 4.78 is 0. The molecule has 0 saturated carbocycles. The van der Waals surface area contributed by atoms with Gasteiger partial charge in [-0.05, 0) is 202 Å². The van der Waals surface area contributed by atoms with E-state index in [1.54, 1.807) is 0 Å². The van der Waals surface area contributed by atoms with Crippen LogP contribution in [-0.2, 0) is 12.8 Å². The lowest BCUT2D eigenvalue weighted by Crippen LogP contribution is -1.89. The van der Waals surface area contributed by atoms with Gasteiger partial charge in [0.25, 0.3) is 0 Å². The largest absolute Gasteiger partial charge is 0.254 e. The minimum absolute atomic E-state index is 0.953. The highest BCUT2D eigenvalue weighted by Crippen LogP contribution is 2.39. The Labute approximate surface area is 849 Å². The van der Waals surface area contributed by atoms with E-state index in [2.05, 4.69) is 283 Å². The third-order valence-corrected chi connectivity index (χ3v) is 21.7. The topological polar surface area (TPSA) is 155 Å². The van der Waals surface area contributed by atoms with Crippen LogP contribution in [0.1, 0.15) is 233 Å². The van der Waals surface area contributed by atoms with Crippen LogP contribution in [0.5, 0.6) is 0 Å². The molecular weight excluding hydrogens is 1730 g/mol. The van der Waals surface area contributed by atoms with E-state index >= 15 is 0 Å². The molecule has 0 amide bonds. The number of hydrogen-bond donors (Lipinski definition) is 0. The number of hydrogen-bond acceptors (Lipinski definition) is 12. The quantitative estimate of drug-likeness (QED) is 0.133. The Morgan fingerprint density at radius 3 is 1.12 bits per heavy atom.